The first-order valence-electron chi connectivity index (χ1n) is 3.99. The van der Waals surface area contributed by atoms with Gasteiger partial charge >= 0.3 is 0 Å². The highest BCUT2D eigenvalue weighted by Gasteiger charge is 2.18. The highest BCUT2D eigenvalue weighted by Crippen LogP contribution is 2.23. The Hall–Kier alpha value is -1.48. The number of imidazole rings is 1. The molecule has 15 heavy (non-hydrogen) atoms. The van der Waals surface area contributed by atoms with Crippen LogP contribution < -0.4 is 0 Å². The molecule has 0 unspecified atom stereocenters. The fourth-order valence-electron chi connectivity index (χ4n) is 1.32. The molecule has 6 heteroatoms. The van der Waals surface area contributed by atoms with Gasteiger partial charge in [0, 0.05) is 10.7 Å². The first-order valence-corrected chi connectivity index (χ1v) is 4.78. The van der Waals surface area contributed by atoms with Gasteiger partial charge in [0.1, 0.15) is 6.07 Å². The third-order valence-corrected chi connectivity index (χ3v) is 2.40. The van der Waals surface area contributed by atoms with Crippen molar-refractivity contribution in [3.8, 4) is 6.07 Å². The van der Waals surface area contributed by atoms with Gasteiger partial charge in [-0.2, -0.15) is 5.26 Å². The summed E-state index contributed by atoms with van der Waals surface area (Å²) < 4.78 is 27.0. The second-order valence-electron chi connectivity index (χ2n) is 2.83. The number of rotatable bonds is 1. The van der Waals surface area contributed by atoms with Gasteiger partial charge in [0.25, 0.3) is 6.43 Å². The summed E-state index contributed by atoms with van der Waals surface area (Å²) in [5, 5.41) is 8.72. The molecule has 0 aromatic carbocycles. The van der Waals surface area contributed by atoms with Crippen LogP contribution in [-0.2, 0) is 0 Å². The summed E-state index contributed by atoms with van der Waals surface area (Å²) >= 11 is 3.17. The summed E-state index contributed by atoms with van der Waals surface area (Å²) in [5.74, 6) is -0.414. The fraction of sp³-hybridized carbons (Fsp3) is 0.111. The number of alkyl halides is 2. The number of hydrogen-bond donors (Lipinski definition) is 0. The molecule has 0 fully saturated rings. The lowest BCUT2D eigenvalue weighted by Gasteiger charge is -1.99. The monoisotopic (exact) mass is 271 g/mol. The summed E-state index contributed by atoms with van der Waals surface area (Å²) in [6, 6.07) is 5.03. The second kappa shape index (κ2) is 3.59. The first-order chi connectivity index (χ1) is 7.13. The molecule has 2 aromatic heterocycles. The van der Waals surface area contributed by atoms with Gasteiger partial charge in [0.15, 0.2) is 11.5 Å². The van der Waals surface area contributed by atoms with Gasteiger partial charge in [0.2, 0.25) is 0 Å². The Morgan fingerprint density at radius 2 is 2.20 bits per heavy atom. The van der Waals surface area contributed by atoms with E-state index < -0.39 is 12.2 Å². The van der Waals surface area contributed by atoms with Crippen LogP contribution in [0.4, 0.5) is 8.78 Å². The van der Waals surface area contributed by atoms with Crippen LogP contribution in [0.5, 0.6) is 0 Å². The highest BCUT2D eigenvalue weighted by molar-refractivity contribution is 9.10. The van der Waals surface area contributed by atoms with E-state index in [1.807, 2.05) is 0 Å². The average Bonchev–Trinajstić information content (AvgIpc) is 2.55. The fourth-order valence-corrected chi connectivity index (χ4v) is 1.66. The topological polar surface area (TPSA) is 41.1 Å². The first kappa shape index (κ1) is 10.1. The van der Waals surface area contributed by atoms with E-state index in [-0.39, 0.29) is 5.69 Å². The maximum atomic E-state index is 12.6. The van der Waals surface area contributed by atoms with Crippen LogP contribution in [0.2, 0.25) is 0 Å². The second-order valence-corrected chi connectivity index (χ2v) is 3.75. The molecule has 0 N–H and O–H groups in total. The predicted octanol–water partition coefficient (Wildman–Crippen LogP) is 2.91. The standard InChI is InChI=1S/C9H4BrF2N3/c10-5-1-2-7-6(3-13)14-9(8(11)12)15(7)4-5/h1-2,4,8H. The third kappa shape index (κ3) is 1.59. The van der Waals surface area contributed by atoms with E-state index in [1.165, 1.54) is 10.6 Å². The number of aromatic nitrogens is 2. The van der Waals surface area contributed by atoms with E-state index in [1.54, 1.807) is 18.2 Å². The zero-order valence-electron chi connectivity index (χ0n) is 7.28. The molecular weight excluding hydrogens is 268 g/mol. The zero-order valence-corrected chi connectivity index (χ0v) is 8.87. The minimum Gasteiger partial charge on any atom is -0.296 e. The number of halogens is 3. The molecule has 0 aliphatic heterocycles. The summed E-state index contributed by atoms with van der Waals surface area (Å²) in [5.41, 5.74) is 0.397. The van der Waals surface area contributed by atoms with Crippen molar-refractivity contribution in [2.75, 3.05) is 0 Å². The SMILES string of the molecule is N#Cc1nc(C(F)F)n2cc(Br)ccc12. The molecule has 0 bridgehead atoms. The Labute approximate surface area is 92.1 Å². The molecule has 0 saturated heterocycles. The highest BCUT2D eigenvalue weighted by atomic mass is 79.9. The van der Waals surface area contributed by atoms with Crippen molar-refractivity contribution in [3.63, 3.8) is 0 Å². The molecule has 2 heterocycles. The number of fused-ring (bicyclic) bond motifs is 1. The molecule has 0 saturated carbocycles. The van der Waals surface area contributed by atoms with Crippen LogP contribution in [0.1, 0.15) is 17.9 Å². The van der Waals surface area contributed by atoms with E-state index in [4.69, 9.17) is 5.26 Å². The largest absolute Gasteiger partial charge is 0.296 e. The third-order valence-electron chi connectivity index (χ3n) is 1.93. The Bertz CT molecular complexity index is 556. The van der Waals surface area contributed by atoms with Crippen molar-refractivity contribution in [1.82, 2.24) is 9.38 Å². The molecule has 0 aliphatic carbocycles. The van der Waals surface area contributed by atoms with E-state index in [9.17, 15) is 8.78 Å². The molecule has 0 radical (unpaired) electrons. The maximum absolute atomic E-state index is 12.6. The average molecular weight is 272 g/mol. The number of nitrogens with zero attached hydrogens (tertiary/aromatic N) is 3. The predicted molar refractivity (Wildman–Crippen MR) is 52.6 cm³/mol. The molecule has 0 amide bonds. The zero-order chi connectivity index (χ0) is 11.0. The maximum Gasteiger partial charge on any atom is 0.295 e. The summed E-state index contributed by atoms with van der Waals surface area (Å²) in [4.78, 5) is 3.58. The Kier molecular flexibility index (Phi) is 2.40. The summed E-state index contributed by atoms with van der Waals surface area (Å²) in [6.07, 6.45) is -1.24. The van der Waals surface area contributed by atoms with Crippen LogP contribution in [0.15, 0.2) is 22.8 Å². The van der Waals surface area contributed by atoms with Gasteiger partial charge in [-0.05, 0) is 28.1 Å². The normalized spacial score (nSPS) is 10.9. The summed E-state index contributed by atoms with van der Waals surface area (Å²) in [6.45, 7) is 0. The van der Waals surface area contributed by atoms with Crippen LogP contribution in [0, 0.1) is 11.3 Å². The van der Waals surface area contributed by atoms with Crippen molar-refractivity contribution in [1.29, 1.82) is 5.26 Å². The van der Waals surface area contributed by atoms with Gasteiger partial charge in [0.05, 0.1) is 5.52 Å². The lowest BCUT2D eigenvalue weighted by molar-refractivity contribution is 0.139. The van der Waals surface area contributed by atoms with E-state index in [0.717, 1.165) is 0 Å². The molecule has 2 rings (SSSR count). The van der Waals surface area contributed by atoms with E-state index in [2.05, 4.69) is 20.9 Å². The van der Waals surface area contributed by atoms with Crippen LogP contribution in [0.25, 0.3) is 5.52 Å². The van der Waals surface area contributed by atoms with Gasteiger partial charge < -0.3 is 0 Å². The van der Waals surface area contributed by atoms with Crippen LogP contribution in [0.3, 0.4) is 0 Å². The number of nitriles is 1. The Morgan fingerprint density at radius 3 is 2.80 bits per heavy atom. The molecule has 76 valence electrons. The molecule has 2 aromatic rings. The van der Waals surface area contributed by atoms with Crippen molar-refractivity contribution in [2.45, 2.75) is 6.43 Å². The molecule has 0 aliphatic rings. The van der Waals surface area contributed by atoms with Crippen LogP contribution >= 0.6 is 15.9 Å². The lowest BCUT2D eigenvalue weighted by Crippen LogP contribution is -1.94. The Balaban J connectivity index is 2.83. The Morgan fingerprint density at radius 1 is 1.47 bits per heavy atom. The van der Waals surface area contributed by atoms with E-state index >= 15 is 0 Å². The van der Waals surface area contributed by atoms with Gasteiger partial charge in [-0.3, -0.25) is 4.40 Å². The van der Waals surface area contributed by atoms with Crippen molar-refractivity contribution >= 4 is 21.4 Å². The van der Waals surface area contributed by atoms with E-state index in [0.29, 0.717) is 9.99 Å². The quantitative estimate of drug-likeness (QED) is 0.800. The smallest absolute Gasteiger partial charge is 0.295 e. The minimum absolute atomic E-state index is 0.0119. The molecule has 0 atom stereocenters. The van der Waals surface area contributed by atoms with Crippen molar-refractivity contribution in [2.24, 2.45) is 0 Å². The number of hydrogen-bond acceptors (Lipinski definition) is 2. The lowest BCUT2D eigenvalue weighted by atomic mass is 10.3. The molecular formula is C9H4BrF2N3. The van der Waals surface area contributed by atoms with Gasteiger partial charge in [-0.25, -0.2) is 13.8 Å². The van der Waals surface area contributed by atoms with Gasteiger partial charge in [-0.1, -0.05) is 0 Å². The summed E-state index contributed by atoms with van der Waals surface area (Å²) in [7, 11) is 0. The molecule has 0 spiro atoms. The molecule has 3 nitrogen and oxygen atoms in total. The van der Waals surface area contributed by atoms with Crippen LogP contribution in [-0.4, -0.2) is 9.38 Å². The minimum atomic E-state index is -2.70. The number of pyridine rings is 1. The van der Waals surface area contributed by atoms with Gasteiger partial charge in [-0.15, -0.1) is 0 Å². The van der Waals surface area contributed by atoms with Crippen molar-refractivity contribution in [3.05, 3.63) is 34.3 Å². The van der Waals surface area contributed by atoms with Crippen molar-refractivity contribution < 1.29 is 8.78 Å².